The van der Waals surface area contributed by atoms with Crippen LogP contribution in [0.4, 0.5) is 5.69 Å². The number of anilines is 1. The molecule has 0 aromatic heterocycles. The molecule has 0 radical (unpaired) electrons. The van der Waals surface area contributed by atoms with Crippen LogP contribution in [0.15, 0.2) is 58.0 Å². The van der Waals surface area contributed by atoms with Gasteiger partial charge in [0.25, 0.3) is 0 Å². The van der Waals surface area contributed by atoms with E-state index in [2.05, 4.69) is 38.4 Å². The molecule has 3 rings (SSSR count). The lowest BCUT2D eigenvalue weighted by Crippen LogP contribution is -2.15. The maximum absolute atomic E-state index is 6.01. The molecule has 1 aliphatic heterocycles. The van der Waals surface area contributed by atoms with Gasteiger partial charge in [0.15, 0.2) is 0 Å². The molecule has 0 unspecified atom stereocenters. The molecular formula is C16H12BrClN2. The third-order valence-electron chi connectivity index (χ3n) is 3.06. The molecule has 1 N–H and O–H groups in total. The zero-order valence-corrected chi connectivity index (χ0v) is 12.9. The van der Waals surface area contributed by atoms with Gasteiger partial charge in [0.1, 0.15) is 5.84 Å². The van der Waals surface area contributed by atoms with Crippen molar-refractivity contribution >= 4 is 45.1 Å². The fraction of sp³-hybridized carbons (Fsp3) is 0.0625. The van der Waals surface area contributed by atoms with E-state index in [0.29, 0.717) is 6.54 Å². The van der Waals surface area contributed by atoms with E-state index in [0.717, 1.165) is 32.1 Å². The second kappa shape index (κ2) is 5.81. The lowest BCUT2D eigenvalue weighted by molar-refractivity contribution is 1.05. The van der Waals surface area contributed by atoms with Gasteiger partial charge < -0.3 is 5.32 Å². The van der Waals surface area contributed by atoms with Gasteiger partial charge in [0, 0.05) is 15.2 Å². The summed E-state index contributed by atoms with van der Waals surface area (Å²) < 4.78 is 1.08. The van der Waals surface area contributed by atoms with Crippen LogP contribution >= 0.6 is 27.5 Å². The zero-order valence-electron chi connectivity index (χ0n) is 10.6. The Hall–Kier alpha value is -1.58. The van der Waals surface area contributed by atoms with E-state index in [-0.39, 0.29) is 0 Å². The van der Waals surface area contributed by atoms with Crippen LogP contribution in [0, 0.1) is 0 Å². The molecule has 0 amide bonds. The summed E-state index contributed by atoms with van der Waals surface area (Å²) in [6.07, 6.45) is 4.01. The van der Waals surface area contributed by atoms with Crippen LogP contribution < -0.4 is 5.32 Å². The number of nitrogens with zero attached hydrogens (tertiary/aromatic N) is 1. The van der Waals surface area contributed by atoms with Gasteiger partial charge in [-0.3, -0.25) is 4.99 Å². The monoisotopic (exact) mass is 346 g/mol. The smallest absolute Gasteiger partial charge is 0.125 e. The minimum atomic E-state index is 0.680. The summed E-state index contributed by atoms with van der Waals surface area (Å²) in [5, 5.41) is 4.02. The molecule has 100 valence electrons. The van der Waals surface area contributed by atoms with Crippen LogP contribution in [0.5, 0.6) is 0 Å². The number of nitrogens with one attached hydrogen (secondary N) is 1. The minimum absolute atomic E-state index is 0.680. The minimum Gasteiger partial charge on any atom is -0.340 e. The van der Waals surface area contributed by atoms with Crippen molar-refractivity contribution in [1.29, 1.82) is 0 Å². The predicted octanol–water partition coefficient (Wildman–Crippen LogP) is 5.14. The molecule has 4 heteroatoms. The second-order valence-corrected chi connectivity index (χ2v) is 5.86. The van der Waals surface area contributed by atoms with Crippen molar-refractivity contribution in [3.05, 3.63) is 69.2 Å². The highest BCUT2D eigenvalue weighted by Crippen LogP contribution is 2.24. The zero-order chi connectivity index (χ0) is 13.9. The van der Waals surface area contributed by atoms with Crippen molar-refractivity contribution < 1.29 is 0 Å². The Morgan fingerprint density at radius 2 is 1.90 bits per heavy atom. The Morgan fingerprint density at radius 3 is 2.70 bits per heavy atom. The molecule has 0 fully saturated rings. The quantitative estimate of drug-likeness (QED) is 0.799. The van der Waals surface area contributed by atoms with Gasteiger partial charge in [-0.1, -0.05) is 51.8 Å². The Morgan fingerprint density at radius 1 is 1.10 bits per heavy atom. The summed E-state index contributed by atoms with van der Waals surface area (Å²) in [7, 11) is 0. The molecule has 2 nitrogen and oxygen atoms in total. The van der Waals surface area contributed by atoms with Gasteiger partial charge in [-0.25, -0.2) is 0 Å². The number of hydrogen-bond acceptors (Lipinski definition) is 2. The maximum Gasteiger partial charge on any atom is 0.125 e. The van der Waals surface area contributed by atoms with Gasteiger partial charge in [-0.2, -0.15) is 0 Å². The van der Waals surface area contributed by atoms with Gasteiger partial charge >= 0.3 is 0 Å². The number of hydrogen-bond donors (Lipinski definition) is 1. The molecule has 1 aliphatic rings. The van der Waals surface area contributed by atoms with Crippen molar-refractivity contribution in [3.8, 4) is 0 Å². The van der Waals surface area contributed by atoms with E-state index in [1.807, 2.05) is 42.5 Å². The highest BCUT2D eigenvalue weighted by Gasteiger charge is 2.09. The first kappa shape index (κ1) is 13.4. The molecule has 0 aliphatic carbocycles. The molecule has 1 heterocycles. The Labute approximate surface area is 131 Å². The van der Waals surface area contributed by atoms with Crippen LogP contribution in [0.25, 0.3) is 6.08 Å². The normalized spacial score (nSPS) is 13.8. The Bertz CT molecular complexity index is 690. The van der Waals surface area contributed by atoms with E-state index in [4.69, 9.17) is 11.6 Å². The summed E-state index contributed by atoms with van der Waals surface area (Å²) in [5.41, 5.74) is 3.33. The maximum atomic E-state index is 6.01. The third kappa shape index (κ3) is 3.11. The van der Waals surface area contributed by atoms with E-state index in [9.17, 15) is 0 Å². The largest absolute Gasteiger partial charge is 0.340 e. The topological polar surface area (TPSA) is 24.4 Å². The second-order valence-electron chi connectivity index (χ2n) is 4.51. The molecule has 20 heavy (non-hydrogen) atoms. The molecule has 0 spiro atoms. The molecule has 0 bridgehead atoms. The molecule has 0 saturated carbocycles. The highest BCUT2D eigenvalue weighted by atomic mass is 79.9. The van der Waals surface area contributed by atoms with E-state index >= 15 is 0 Å². The molecule has 0 saturated heterocycles. The summed E-state index contributed by atoms with van der Waals surface area (Å²) in [6.45, 7) is 0.680. The van der Waals surface area contributed by atoms with Crippen LogP contribution in [0.1, 0.15) is 11.1 Å². The van der Waals surface area contributed by atoms with Crippen molar-refractivity contribution in [2.45, 2.75) is 6.54 Å². The SMILES string of the molecule is Clc1ccc2c(c1)NC(C=Cc1ccc(Br)cc1)=NC2. The van der Waals surface area contributed by atoms with Crippen molar-refractivity contribution in [3.63, 3.8) is 0 Å². The lowest BCUT2D eigenvalue weighted by atomic mass is 10.1. The van der Waals surface area contributed by atoms with Crippen molar-refractivity contribution in [1.82, 2.24) is 0 Å². The molecule has 0 atom stereocenters. The van der Waals surface area contributed by atoms with E-state index in [1.54, 1.807) is 0 Å². The molecule has 2 aromatic rings. The average Bonchev–Trinajstić information content (AvgIpc) is 2.46. The number of aliphatic imine (C=N–C) groups is 1. The molecule has 2 aromatic carbocycles. The van der Waals surface area contributed by atoms with Gasteiger partial charge in [0.2, 0.25) is 0 Å². The Balaban J connectivity index is 1.76. The van der Waals surface area contributed by atoms with Crippen LogP contribution in [-0.4, -0.2) is 5.84 Å². The number of halogens is 2. The average molecular weight is 348 g/mol. The van der Waals surface area contributed by atoms with Crippen molar-refractivity contribution in [2.24, 2.45) is 4.99 Å². The highest BCUT2D eigenvalue weighted by molar-refractivity contribution is 9.10. The van der Waals surface area contributed by atoms with E-state index in [1.165, 1.54) is 0 Å². The van der Waals surface area contributed by atoms with Gasteiger partial charge in [-0.05, 0) is 41.5 Å². The summed E-state index contributed by atoms with van der Waals surface area (Å²) >= 11 is 9.44. The first-order chi connectivity index (χ1) is 9.70. The van der Waals surface area contributed by atoms with Gasteiger partial charge in [0.05, 0.1) is 6.54 Å². The number of amidine groups is 1. The number of benzene rings is 2. The summed E-state index contributed by atoms with van der Waals surface area (Å²) in [5.74, 6) is 0.850. The van der Waals surface area contributed by atoms with Crippen LogP contribution in [0.3, 0.4) is 0 Å². The molecular weight excluding hydrogens is 336 g/mol. The third-order valence-corrected chi connectivity index (χ3v) is 3.82. The first-order valence-electron chi connectivity index (χ1n) is 6.24. The van der Waals surface area contributed by atoms with Crippen LogP contribution in [0.2, 0.25) is 5.02 Å². The Kier molecular flexibility index (Phi) is 3.90. The first-order valence-corrected chi connectivity index (χ1v) is 7.41. The standard InChI is InChI=1S/C16H12BrClN2/c17-13-5-1-11(2-6-13)3-8-16-19-10-12-4-7-14(18)9-15(12)20-16/h1-9H,10H2,(H,19,20). The number of rotatable bonds is 2. The summed E-state index contributed by atoms with van der Waals surface area (Å²) in [4.78, 5) is 4.50. The fourth-order valence-corrected chi connectivity index (χ4v) is 2.43. The predicted molar refractivity (Wildman–Crippen MR) is 89.4 cm³/mol. The van der Waals surface area contributed by atoms with Crippen molar-refractivity contribution in [2.75, 3.05) is 5.32 Å². The van der Waals surface area contributed by atoms with Crippen LogP contribution in [-0.2, 0) is 6.54 Å². The number of fused-ring (bicyclic) bond motifs is 1. The summed E-state index contributed by atoms with van der Waals surface area (Å²) in [6, 6.07) is 14.0. The van der Waals surface area contributed by atoms with E-state index < -0.39 is 0 Å². The lowest BCUT2D eigenvalue weighted by Gasteiger charge is -2.16. The fourth-order valence-electron chi connectivity index (χ4n) is 1.99. The van der Waals surface area contributed by atoms with Gasteiger partial charge in [-0.15, -0.1) is 0 Å².